The van der Waals surface area contributed by atoms with Crippen LogP contribution in [0.15, 0.2) is 66.7 Å². The van der Waals surface area contributed by atoms with Gasteiger partial charge in [-0.2, -0.15) is 0 Å². The van der Waals surface area contributed by atoms with E-state index in [2.05, 4.69) is 12.1 Å². The fraction of sp³-hybridized carbons (Fsp3) is 0.250. The van der Waals surface area contributed by atoms with Crippen molar-refractivity contribution >= 4 is 17.3 Å². The van der Waals surface area contributed by atoms with Gasteiger partial charge in [-0.3, -0.25) is 4.84 Å². The molecule has 3 aromatic rings. The molecule has 0 N–H and O–H groups in total. The van der Waals surface area contributed by atoms with Crippen LogP contribution in [0.1, 0.15) is 23.1 Å². The molecule has 0 aliphatic carbocycles. The SMILES string of the molecule is COc1cc(C2C(c3ccccc3)CON2c2ccc(Cl)cc2)cc(OC)c1OC. The van der Waals surface area contributed by atoms with Gasteiger partial charge in [0.2, 0.25) is 5.75 Å². The van der Waals surface area contributed by atoms with Gasteiger partial charge in [-0.05, 0) is 47.5 Å². The molecule has 1 fully saturated rings. The molecule has 1 aliphatic heterocycles. The number of hydrogen-bond acceptors (Lipinski definition) is 5. The lowest BCUT2D eigenvalue weighted by atomic mass is 9.87. The van der Waals surface area contributed by atoms with E-state index in [1.54, 1.807) is 21.3 Å². The molecule has 0 aromatic heterocycles. The first-order chi connectivity index (χ1) is 14.7. The average molecular weight is 426 g/mol. The molecule has 3 aromatic carbocycles. The second-order valence-corrected chi connectivity index (χ2v) is 7.46. The summed E-state index contributed by atoms with van der Waals surface area (Å²) in [6, 6.07) is 21.9. The molecule has 5 nitrogen and oxygen atoms in total. The van der Waals surface area contributed by atoms with Gasteiger partial charge in [-0.15, -0.1) is 0 Å². The Morgan fingerprint density at radius 2 is 1.47 bits per heavy atom. The molecule has 30 heavy (non-hydrogen) atoms. The Morgan fingerprint density at radius 1 is 0.833 bits per heavy atom. The maximum Gasteiger partial charge on any atom is 0.203 e. The molecule has 0 radical (unpaired) electrons. The van der Waals surface area contributed by atoms with Crippen molar-refractivity contribution in [2.75, 3.05) is 33.0 Å². The lowest BCUT2D eigenvalue weighted by molar-refractivity contribution is 0.157. The maximum absolute atomic E-state index is 6.19. The van der Waals surface area contributed by atoms with E-state index in [1.165, 1.54) is 5.56 Å². The Hall–Kier alpha value is -2.89. The number of hydroxylamine groups is 1. The van der Waals surface area contributed by atoms with Gasteiger partial charge in [0, 0.05) is 10.9 Å². The normalized spacial score (nSPS) is 18.3. The zero-order chi connectivity index (χ0) is 21.1. The Labute approximate surface area is 181 Å². The Morgan fingerprint density at radius 3 is 2.03 bits per heavy atom. The zero-order valence-electron chi connectivity index (χ0n) is 17.2. The molecule has 1 aliphatic rings. The summed E-state index contributed by atoms with van der Waals surface area (Å²) in [5, 5.41) is 2.62. The average Bonchev–Trinajstić information content (AvgIpc) is 3.24. The van der Waals surface area contributed by atoms with E-state index in [0.717, 1.165) is 11.3 Å². The van der Waals surface area contributed by atoms with E-state index in [9.17, 15) is 0 Å². The summed E-state index contributed by atoms with van der Waals surface area (Å²) in [5.41, 5.74) is 3.13. The summed E-state index contributed by atoms with van der Waals surface area (Å²) in [7, 11) is 4.85. The van der Waals surface area contributed by atoms with Crippen molar-refractivity contribution < 1.29 is 19.0 Å². The number of halogens is 1. The molecule has 0 spiro atoms. The third-order valence-corrected chi connectivity index (χ3v) is 5.62. The molecule has 156 valence electrons. The second-order valence-electron chi connectivity index (χ2n) is 7.02. The van der Waals surface area contributed by atoms with Crippen LogP contribution in [0, 0.1) is 0 Å². The van der Waals surface area contributed by atoms with Gasteiger partial charge in [0.25, 0.3) is 0 Å². The molecule has 0 amide bonds. The number of methoxy groups -OCH3 is 3. The molecule has 6 heteroatoms. The molecule has 1 heterocycles. The summed E-state index contributed by atoms with van der Waals surface area (Å²) in [5.74, 6) is 1.91. The van der Waals surface area contributed by atoms with E-state index in [1.807, 2.05) is 59.7 Å². The van der Waals surface area contributed by atoms with Crippen molar-refractivity contribution in [2.24, 2.45) is 0 Å². The van der Waals surface area contributed by atoms with Crippen LogP contribution in [0.25, 0.3) is 0 Å². The fourth-order valence-electron chi connectivity index (χ4n) is 3.94. The van der Waals surface area contributed by atoms with Crippen molar-refractivity contribution in [1.29, 1.82) is 0 Å². The van der Waals surface area contributed by atoms with Crippen LogP contribution in [0.3, 0.4) is 0 Å². The fourth-order valence-corrected chi connectivity index (χ4v) is 4.06. The molecule has 0 bridgehead atoms. The number of benzene rings is 3. The van der Waals surface area contributed by atoms with Gasteiger partial charge in [0.15, 0.2) is 11.5 Å². The summed E-state index contributed by atoms with van der Waals surface area (Å²) < 4.78 is 16.7. The van der Waals surface area contributed by atoms with Crippen molar-refractivity contribution in [1.82, 2.24) is 0 Å². The Kier molecular flexibility index (Phi) is 6.02. The highest BCUT2D eigenvalue weighted by atomic mass is 35.5. The topological polar surface area (TPSA) is 40.2 Å². The van der Waals surface area contributed by atoms with Crippen molar-refractivity contribution in [3.05, 3.63) is 82.9 Å². The van der Waals surface area contributed by atoms with Crippen LogP contribution in [0.5, 0.6) is 17.2 Å². The summed E-state index contributed by atoms with van der Waals surface area (Å²) in [6.45, 7) is 0.550. The Bertz CT molecular complexity index is 969. The van der Waals surface area contributed by atoms with Crippen molar-refractivity contribution in [2.45, 2.75) is 12.0 Å². The third kappa shape index (κ3) is 3.78. The number of rotatable bonds is 6. The highest BCUT2D eigenvalue weighted by Gasteiger charge is 2.39. The van der Waals surface area contributed by atoms with E-state index < -0.39 is 0 Å². The smallest absolute Gasteiger partial charge is 0.203 e. The molecular formula is C24H24ClNO4. The summed E-state index contributed by atoms with van der Waals surface area (Å²) >= 11 is 6.10. The minimum absolute atomic E-state index is 0.0951. The van der Waals surface area contributed by atoms with Gasteiger partial charge in [-0.1, -0.05) is 41.9 Å². The molecule has 1 saturated heterocycles. The van der Waals surface area contributed by atoms with Gasteiger partial charge in [-0.25, -0.2) is 5.06 Å². The molecule has 4 rings (SSSR count). The number of anilines is 1. The van der Waals surface area contributed by atoms with Crippen molar-refractivity contribution in [3.8, 4) is 17.2 Å². The predicted molar refractivity (Wildman–Crippen MR) is 118 cm³/mol. The largest absolute Gasteiger partial charge is 0.493 e. The van der Waals surface area contributed by atoms with Gasteiger partial charge in [0.05, 0.1) is 39.7 Å². The lowest BCUT2D eigenvalue weighted by Gasteiger charge is -2.29. The first kappa shape index (κ1) is 20.4. The molecule has 2 unspecified atom stereocenters. The summed E-state index contributed by atoms with van der Waals surface area (Å²) in [6.07, 6.45) is 0. The zero-order valence-corrected chi connectivity index (χ0v) is 17.9. The number of nitrogens with zero attached hydrogens (tertiary/aromatic N) is 1. The highest BCUT2D eigenvalue weighted by molar-refractivity contribution is 6.30. The highest BCUT2D eigenvalue weighted by Crippen LogP contribution is 2.48. The quantitative estimate of drug-likeness (QED) is 0.511. The van der Waals surface area contributed by atoms with E-state index >= 15 is 0 Å². The van der Waals surface area contributed by atoms with E-state index in [0.29, 0.717) is 28.9 Å². The Balaban J connectivity index is 1.84. The maximum atomic E-state index is 6.19. The van der Waals surface area contributed by atoms with Crippen LogP contribution in [-0.4, -0.2) is 27.9 Å². The van der Waals surface area contributed by atoms with Crippen LogP contribution >= 0.6 is 11.6 Å². The minimum Gasteiger partial charge on any atom is -0.493 e. The van der Waals surface area contributed by atoms with Gasteiger partial charge in [0.1, 0.15) is 0 Å². The molecule has 0 saturated carbocycles. The van der Waals surface area contributed by atoms with Crippen LogP contribution in [-0.2, 0) is 4.84 Å². The predicted octanol–water partition coefficient (Wildman–Crippen LogP) is 5.64. The third-order valence-electron chi connectivity index (χ3n) is 5.36. The van der Waals surface area contributed by atoms with Crippen molar-refractivity contribution in [3.63, 3.8) is 0 Å². The number of hydrogen-bond donors (Lipinski definition) is 0. The summed E-state index contributed by atoms with van der Waals surface area (Å²) in [4.78, 5) is 6.19. The standard InChI is InChI=1S/C24H24ClNO4/c1-27-21-13-17(14-22(28-2)24(21)29-3)23-20(16-7-5-4-6-8-16)15-30-26(23)19-11-9-18(25)10-12-19/h4-14,20,23H,15H2,1-3H3. The van der Waals surface area contributed by atoms with E-state index in [-0.39, 0.29) is 12.0 Å². The van der Waals surface area contributed by atoms with Crippen LogP contribution in [0.2, 0.25) is 5.02 Å². The van der Waals surface area contributed by atoms with E-state index in [4.69, 9.17) is 30.6 Å². The van der Waals surface area contributed by atoms with Gasteiger partial charge >= 0.3 is 0 Å². The lowest BCUT2D eigenvalue weighted by Crippen LogP contribution is -2.23. The van der Waals surface area contributed by atoms with Crippen LogP contribution in [0.4, 0.5) is 5.69 Å². The first-order valence-corrected chi connectivity index (χ1v) is 10.1. The first-order valence-electron chi connectivity index (χ1n) is 9.68. The number of ether oxygens (including phenoxy) is 3. The molecular weight excluding hydrogens is 402 g/mol. The molecule has 2 atom stereocenters. The minimum atomic E-state index is -0.0951. The second kappa shape index (κ2) is 8.86. The van der Waals surface area contributed by atoms with Gasteiger partial charge < -0.3 is 14.2 Å². The van der Waals surface area contributed by atoms with Crippen LogP contribution < -0.4 is 19.3 Å². The monoisotopic (exact) mass is 425 g/mol.